The zero-order valence-corrected chi connectivity index (χ0v) is 26.2. The van der Waals surface area contributed by atoms with Crippen molar-refractivity contribution in [1.82, 2.24) is 0 Å². The Morgan fingerprint density at radius 1 is 0.850 bits per heavy atom. The van der Waals surface area contributed by atoms with E-state index in [-0.39, 0.29) is 11.3 Å². The number of anilines is 1. The topological polar surface area (TPSA) is 42.2 Å². The first-order chi connectivity index (χ1) is 19.4. The van der Waals surface area contributed by atoms with Crippen LogP contribution in [0.3, 0.4) is 0 Å². The molecule has 218 valence electrons. The number of carbonyl (C=O) groups excluding carboxylic acids is 1. The van der Waals surface area contributed by atoms with Gasteiger partial charge in [-0.15, -0.1) is 0 Å². The molecule has 0 aliphatic rings. The summed E-state index contributed by atoms with van der Waals surface area (Å²) in [5.74, 6) is 0.823. The maximum atomic E-state index is 13.0. The van der Waals surface area contributed by atoms with E-state index in [2.05, 4.69) is 60.7 Å². The van der Waals surface area contributed by atoms with Crippen LogP contribution in [0, 0.1) is 0 Å². The maximum absolute atomic E-state index is 13.0. The molecule has 0 aliphatic carbocycles. The number of benzene rings is 2. The molecule has 4 nitrogen and oxygen atoms in total. The molecule has 0 spiro atoms. The molecule has 0 radical (unpaired) electrons. The molecule has 0 fully saturated rings. The van der Waals surface area contributed by atoms with Gasteiger partial charge in [-0.25, -0.2) is 0 Å². The third kappa shape index (κ3) is 11.4. The number of ether oxygens (including phenoxy) is 1. The highest BCUT2D eigenvalue weighted by molar-refractivity contribution is 7.07. The summed E-state index contributed by atoms with van der Waals surface area (Å²) in [5, 5.41) is 5.14. The molecular weight excluding hydrogens is 512 g/mol. The molecule has 2 aromatic carbocycles. The van der Waals surface area contributed by atoms with Gasteiger partial charge in [-0.3, -0.25) is 4.79 Å². The Morgan fingerprint density at radius 2 is 1.48 bits per heavy atom. The van der Waals surface area contributed by atoms with Crippen LogP contribution in [-0.2, 0) is 12.0 Å². The van der Waals surface area contributed by atoms with E-state index in [0.717, 1.165) is 36.6 Å². The van der Waals surface area contributed by atoms with Crippen molar-refractivity contribution >= 4 is 22.9 Å². The highest BCUT2D eigenvalue weighted by Gasteiger charge is 2.20. The largest absolute Gasteiger partial charge is 0.493 e. The van der Waals surface area contributed by atoms with Crippen molar-refractivity contribution < 1.29 is 14.1 Å². The summed E-state index contributed by atoms with van der Waals surface area (Å²) < 4.78 is 8.38. The van der Waals surface area contributed by atoms with Crippen LogP contribution in [0.1, 0.15) is 126 Å². The summed E-state index contributed by atoms with van der Waals surface area (Å²) in [6.07, 6.45) is 18.1. The minimum absolute atomic E-state index is 0.0897. The van der Waals surface area contributed by atoms with Crippen LogP contribution in [-0.4, -0.2) is 12.5 Å². The van der Waals surface area contributed by atoms with Crippen LogP contribution < -0.4 is 14.6 Å². The van der Waals surface area contributed by atoms with Crippen LogP contribution in [0.4, 0.5) is 5.69 Å². The summed E-state index contributed by atoms with van der Waals surface area (Å²) in [4.78, 5) is 13.0. The second kappa shape index (κ2) is 17.2. The molecule has 0 unspecified atom stereocenters. The number of nitrogens with one attached hydrogen (secondary N) is 1. The van der Waals surface area contributed by atoms with Gasteiger partial charge >= 0.3 is 0 Å². The van der Waals surface area contributed by atoms with Crippen molar-refractivity contribution in [2.75, 3.05) is 11.9 Å². The second-order valence-corrected chi connectivity index (χ2v) is 12.8. The van der Waals surface area contributed by atoms with E-state index >= 15 is 0 Å². The summed E-state index contributed by atoms with van der Waals surface area (Å²) in [6.45, 7) is 10.4. The van der Waals surface area contributed by atoms with Gasteiger partial charge in [0.25, 0.3) is 5.91 Å². The quantitative estimate of drug-likeness (QED) is 0.124. The number of carbonyl (C=O) groups is 1. The molecule has 40 heavy (non-hydrogen) atoms. The second-order valence-electron chi connectivity index (χ2n) is 12.0. The van der Waals surface area contributed by atoms with Crippen molar-refractivity contribution in [3.05, 3.63) is 76.2 Å². The van der Waals surface area contributed by atoms with Crippen molar-refractivity contribution in [3.8, 4) is 5.75 Å². The molecule has 0 saturated carbocycles. The van der Waals surface area contributed by atoms with Crippen LogP contribution in [0.15, 0.2) is 59.6 Å². The fourth-order valence-electron chi connectivity index (χ4n) is 4.97. The van der Waals surface area contributed by atoms with Crippen molar-refractivity contribution in [2.45, 2.75) is 117 Å². The predicted octanol–water partition coefficient (Wildman–Crippen LogP) is 9.71. The number of hydrogen-bond donors (Lipinski definition) is 1. The van der Waals surface area contributed by atoms with Gasteiger partial charge in [-0.05, 0) is 42.2 Å². The predicted molar refractivity (Wildman–Crippen MR) is 170 cm³/mol. The first-order valence-electron chi connectivity index (χ1n) is 15.5. The Hall–Kier alpha value is -2.66. The fraction of sp³-hybridized carbons (Fsp3) is 0.543. The van der Waals surface area contributed by atoms with Gasteiger partial charge in [0.1, 0.15) is 5.75 Å². The van der Waals surface area contributed by atoms with Gasteiger partial charge in [0.2, 0.25) is 5.51 Å². The molecule has 1 N–H and O–H groups in total. The Morgan fingerprint density at radius 3 is 2.05 bits per heavy atom. The lowest BCUT2D eigenvalue weighted by atomic mass is 9.86. The lowest BCUT2D eigenvalue weighted by Crippen LogP contribution is -2.30. The smallest absolute Gasteiger partial charge is 0.255 e. The van der Waals surface area contributed by atoms with E-state index in [4.69, 9.17) is 4.74 Å². The van der Waals surface area contributed by atoms with E-state index in [9.17, 15) is 4.79 Å². The number of unbranched alkanes of at least 4 members (excludes halogenated alkanes) is 11. The monoisotopic (exact) mass is 563 g/mol. The lowest BCUT2D eigenvalue weighted by Gasteiger charge is -2.24. The number of thiazole rings is 1. The van der Waals surface area contributed by atoms with Gasteiger partial charge in [0.05, 0.1) is 12.0 Å². The van der Waals surface area contributed by atoms with Gasteiger partial charge < -0.3 is 10.1 Å². The standard InChI is InChI=1S/C35H50N2O2S/c1-5-6-7-8-9-10-11-12-13-14-15-16-24-39-33-22-21-31(26-32(33)35(2,3)4)36-34(38)30-19-17-29(18-20-30)27-37-23-25-40-28-37/h17-23,25-26,28H,5-16,24,27H2,1-4H3/p+1. The molecule has 1 aromatic heterocycles. The Kier molecular flexibility index (Phi) is 13.7. The molecule has 0 atom stereocenters. The Labute approximate surface area is 247 Å². The molecule has 0 bridgehead atoms. The normalized spacial score (nSPS) is 11.5. The van der Waals surface area contributed by atoms with Crippen molar-refractivity contribution in [3.63, 3.8) is 0 Å². The van der Waals surface area contributed by atoms with E-state index in [1.807, 2.05) is 36.4 Å². The van der Waals surface area contributed by atoms with Crippen molar-refractivity contribution in [1.29, 1.82) is 0 Å². The average Bonchev–Trinajstić information content (AvgIpc) is 3.45. The molecule has 1 amide bonds. The Balaban J connectivity index is 1.41. The minimum atomic E-state index is -0.0974. The summed E-state index contributed by atoms with van der Waals surface area (Å²) in [7, 11) is 0. The molecule has 3 rings (SSSR count). The Bertz CT molecular complexity index is 1120. The average molecular weight is 564 g/mol. The van der Waals surface area contributed by atoms with Gasteiger partial charge in [-0.2, -0.15) is 4.57 Å². The highest BCUT2D eigenvalue weighted by Crippen LogP contribution is 2.34. The molecule has 0 aliphatic heterocycles. The number of amides is 1. The third-order valence-corrected chi connectivity index (χ3v) is 8.08. The molecular formula is C35H51N2O2S+. The molecule has 1 heterocycles. The van der Waals surface area contributed by atoms with Gasteiger partial charge in [0, 0.05) is 22.4 Å². The first kappa shape index (κ1) is 31.9. The van der Waals surface area contributed by atoms with E-state index in [0.29, 0.717) is 5.56 Å². The summed E-state index contributed by atoms with van der Waals surface area (Å²) in [6, 6.07) is 13.9. The summed E-state index contributed by atoms with van der Waals surface area (Å²) >= 11 is 1.67. The minimum Gasteiger partial charge on any atom is -0.493 e. The summed E-state index contributed by atoms with van der Waals surface area (Å²) in [5.41, 5.74) is 5.74. The maximum Gasteiger partial charge on any atom is 0.255 e. The van der Waals surface area contributed by atoms with Crippen LogP contribution in [0.25, 0.3) is 0 Å². The van der Waals surface area contributed by atoms with E-state index in [1.165, 1.54) is 76.2 Å². The lowest BCUT2D eigenvalue weighted by molar-refractivity contribution is -0.683. The van der Waals surface area contributed by atoms with Gasteiger partial charge in [-0.1, -0.05) is 122 Å². The third-order valence-electron chi connectivity index (χ3n) is 7.41. The van der Waals surface area contributed by atoms with Gasteiger partial charge in [0.15, 0.2) is 12.7 Å². The van der Waals surface area contributed by atoms with Crippen LogP contribution in [0.2, 0.25) is 0 Å². The number of rotatable bonds is 18. The zero-order chi connectivity index (χ0) is 28.6. The molecule has 5 heteroatoms. The molecule has 3 aromatic rings. The van der Waals surface area contributed by atoms with E-state index < -0.39 is 0 Å². The number of hydrogen-bond acceptors (Lipinski definition) is 3. The number of aromatic nitrogens is 1. The van der Waals surface area contributed by atoms with E-state index in [1.54, 1.807) is 11.3 Å². The first-order valence-corrected chi connectivity index (χ1v) is 16.4. The number of nitrogens with zero attached hydrogens (tertiary/aromatic N) is 1. The van der Waals surface area contributed by atoms with Crippen LogP contribution >= 0.6 is 11.3 Å². The van der Waals surface area contributed by atoms with Crippen molar-refractivity contribution in [2.24, 2.45) is 0 Å². The zero-order valence-electron chi connectivity index (χ0n) is 25.3. The fourth-order valence-corrected chi connectivity index (χ4v) is 5.57. The highest BCUT2D eigenvalue weighted by atomic mass is 32.1. The SMILES string of the molecule is CCCCCCCCCCCCCCOc1ccc(NC(=O)c2ccc(C[n+]3ccsc3)cc2)cc1C(C)(C)C. The molecule has 0 saturated heterocycles. The van der Waals surface area contributed by atoms with Crippen LogP contribution in [0.5, 0.6) is 5.75 Å².